The van der Waals surface area contributed by atoms with Crippen molar-refractivity contribution in [3.63, 3.8) is 0 Å². The molecule has 0 spiro atoms. The normalized spacial score (nSPS) is 13.1. The Hall–Kier alpha value is -2.28. The molecule has 2 aromatic carbocycles. The molecule has 1 aliphatic heterocycles. The van der Waals surface area contributed by atoms with Gasteiger partial charge in [0.25, 0.3) is 11.8 Å². The molecule has 0 bridgehead atoms. The third-order valence-corrected chi connectivity index (χ3v) is 4.52. The third-order valence-electron chi connectivity index (χ3n) is 4.52. The molecular weight excluding hydrogens is 399 g/mol. The van der Waals surface area contributed by atoms with E-state index in [2.05, 4.69) is 15.5 Å². The molecule has 0 radical (unpaired) electrons. The van der Waals surface area contributed by atoms with Gasteiger partial charge < -0.3 is 21.3 Å². The molecule has 1 saturated heterocycles. The lowest BCUT2D eigenvalue weighted by Gasteiger charge is -2.14. The summed E-state index contributed by atoms with van der Waals surface area (Å²) in [5, 5.41) is 5.72. The van der Waals surface area contributed by atoms with E-state index in [4.69, 9.17) is 5.73 Å². The number of nitrogens with two attached hydrogens (primary N) is 1. The number of halogens is 2. The number of nitrogens with one attached hydrogen (secondary N) is 2. The van der Waals surface area contributed by atoms with Gasteiger partial charge in [-0.15, -0.1) is 24.8 Å². The Balaban J connectivity index is 0.00000196. The molecular formula is C20H26Cl2N4O2. The first kappa shape index (κ1) is 23.8. The standard InChI is InChI=1S/C20H24N4O2.2ClH/c21-18-6-2-1-5-17(18)20(26)23-16-9-7-15(8-10-16)19(25)22-11-14-24-12-3-4-13-24;;/h1-2,5-10H,3-4,11-14,21H2,(H,22,25)(H,23,26);2*1H. The number of nitrogens with zero attached hydrogens (tertiary/aromatic N) is 1. The van der Waals surface area contributed by atoms with Gasteiger partial charge in [-0.2, -0.15) is 0 Å². The van der Waals surface area contributed by atoms with Gasteiger partial charge in [-0.05, 0) is 62.3 Å². The van der Waals surface area contributed by atoms with Crippen molar-refractivity contribution in [3.05, 3.63) is 59.7 Å². The van der Waals surface area contributed by atoms with Crippen LogP contribution in [0.2, 0.25) is 0 Å². The second-order valence-electron chi connectivity index (χ2n) is 6.42. The molecule has 0 aromatic heterocycles. The predicted octanol–water partition coefficient (Wildman–Crippen LogP) is 3.19. The van der Waals surface area contributed by atoms with Crippen molar-refractivity contribution in [2.75, 3.05) is 37.2 Å². The molecule has 8 heteroatoms. The fourth-order valence-electron chi connectivity index (χ4n) is 3.04. The molecule has 3 rings (SSSR count). The van der Waals surface area contributed by atoms with Crippen LogP contribution in [0.1, 0.15) is 33.6 Å². The molecule has 1 aliphatic rings. The van der Waals surface area contributed by atoms with Gasteiger partial charge >= 0.3 is 0 Å². The number of anilines is 2. The SMILES string of the molecule is Cl.Cl.Nc1ccccc1C(=O)Nc1ccc(C(=O)NCCN2CCCC2)cc1. The number of likely N-dealkylation sites (tertiary alicyclic amines) is 1. The molecule has 0 atom stereocenters. The molecule has 2 amide bonds. The Morgan fingerprint density at radius 2 is 1.57 bits per heavy atom. The summed E-state index contributed by atoms with van der Waals surface area (Å²) in [6, 6.07) is 13.7. The second kappa shape index (κ2) is 11.5. The lowest BCUT2D eigenvalue weighted by Crippen LogP contribution is -2.33. The van der Waals surface area contributed by atoms with Gasteiger partial charge in [0.15, 0.2) is 0 Å². The monoisotopic (exact) mass is 424 g/mol. The van der Waals surface area contributed by atoms with E-state index in [9.17, 15) is 9.59 Å². The lowest BCUT2D eigenvalue weighted by molar-refractivity contribution is 0.0949. The van der Waals surface area contributed by atoms with Crippen molar-refractivity contribution in [1.82, 2.24) is 10.2 Å². The summed E-state index contributed by atoms with van der Waals surface area (Å²) >= 11 is 0. The van der Waals surface area contributed by atoms with Crippen LogP contribution in [0.15, 0.2) is 48.5 Å². The van der Waals surface area contributed by atoms with Crippen molar-refractivity contribution in [2.45, 2.75) is 12.8 Å². The zero-order chi connectivity index (χ0) is 18.4. The van der Waals surface area contributed by atoms with Crippen LogP contribution >= 0.6 is 24.8 Å². The first-order valence-corrected chi connectivity index (χ1v) is 8.90. The third kappa shape index (κ3) is 6.41. The predicted molar refractivity (Wildman–Crippen MR) is 118 cm³/mol. The van der Waals surface area contributed by atoms with Crippen molar-refractivity contribution in [1.29, 1.82) is 0 Å². The second-order valence-corrected chi connectivity index (χ2v) is 6.42. The first-order valence-electron chi connectivity index (χ1n) is 8.90. The molecule has 0 saturated carbocycles. The molecule has 1 fully saturated rings. The zero-order valence-corrected chi connectivity index (χ0v) is 17.2. The lowest BCUT2D eigenvalue weighted by atomic mass is 10.1. The summed E-state index contributed by atoms with van der Waals surface area (Å²) < 4.78 is 0. The average molecular weight is 425 g/mol. The molecule has 4 N–H and O–H groups in total. The van der Waals surface area contributed by atoms with Crippen molar-refractivity contribution in [3.8, 4) is 0 Å². The summed E-state index contributed by atoms with van der Waals surface area (Å²) in [6.45, 7) is 3.77. The Kier molecular flexibility index (Phi) is 9.79. The number of hydrogen-bond donors (Lipinski definition) is 3. The van der Waals surface area contributed by atoms with Crippen LogP contribution in [0.4, 0.5) is 11.4 Å². The highest BCUT2D eigenvalue weighted by Gasteiger charge is 2.12. The number of carbonyl (C=O) groups is 2. The minimum atomic E-state index is -0.272. The Morgan fingerprint density at radius 1 is 0.929 bits per heavy atom. The zero-order valence-electron chi connectivity index (χ0n) is 15.5. The molecule has 152 valence electrons. The van der Waals surface area contributed by atoms with Crippen molar-refractivity contribution in [2.24, 2.45) is 0 Å². The summed E-state index contributed by atoms with van der Waals surface area (Å²) in [6.07, 6.45) is 2.49. The van der Waals surface area contributed by atoms with Gasteiger partial charge in [0.2, 0.25) is 0 Å². The van der Waals surface area contributed by atoms with Gasteiger partial charge in [-0.25, -0.2) is 0 Å². The number of hydrogen-bond acceptors (Lipinski definition) is 4. The van der Waals surface area contributed by atoms with E-state index in [-0.39, 0.29) is 36.6 Å². The van der Waals surface area contributed by atoms with E-state index in [1.54, 1.807) is 48.5 Å². The van der Waals surface area contributed by atoms with Gasteiger partial charge in [0, 0.05) is 30.0 Å². The highest BCUT2D eigenvalue weighted by molar-refractivity contribution is 6.07. The topological polar surface area (TPSA) is 87.5 Å². The maximum Gasteiger partial charge on any atom is 0.257 e. The van der Waals surface area contributed by atoms with Crippen LogP contribution < -0.4 is 16.4 Å². The number of para-hydroxylation sites is 1. The first-order chi connectivity index (χ1) is 12.6. The van der Waals surface area contributed by atoms with Crippen molar-refractivity contribution >= 4 is 48.0 Å². The van der Waals surface area contributed by atoms with E-state index in [0.29, 0.717) is 29.0 Å². The summed E-state index contributed by atoms with van der Waals surface area (Å²) in [7, 11) is 0. The van der Waals surface area contributed by atoms with E-state index in [1.807, 2.05) is 0 Å². The molecule has 28 heavy (non-hydrogen) atoms. The van der Waals surface area contributed by atoms with Crippen LogP contribution in [0.5, 0.6) is 0 Å². The number of amides is 2. The van der Waals surface area contributed by atoms with E-state index in [0.717, 1.165) is 19.6 Å². The summed E-state index contributed by atoms with van der Waals surface area (Å²) in [5.74, 6) is -0.375. The number of nitrogen functional groups attached to an aromatic ring is 1. The number of carbonyl (C=O) groups excluding carboxylic acids is 2. The molecule has 1 heterocycles. The fourth-order valence-corrected chi connectivity index (χ4v) is 3.04. The van der Waals surface area contributed by atoms with E-state index in [1.165, 1.54) is 12.8 Å². The maximum atomic E-state index is 12.2. The maximum absolute atomic E-state index is 12.2. The minimum absolute atomic E-state index is 0. The van der Waals surface area contributed by atoms with Crippen LogP contribution in [0.3, 0.4) is 0 Å². The fraction of sp³-hybridized carbons (Fsp3) is 0.300. The van der Waals surface area contributed by atoms with Crippen LogP contribution in [0, 0.1) is 0 Å². The Bertz CT molecular complexity index is 778. The van der Waals surface area contributed by atoms with Crippen LogP contribution in [-0.2, 0) is 0 Å². The van der Waals surface area contributed by atoms with Crippen LogP contribution in [-0.4, -0.2) is 42.9 Å². The largest absolute Gasteiger partial charge is 0.398 e. The Morgan fingerprint density at radius 3 is 2.21 bits per heavy atom. The van der Waals surface area contributed by atoms with Gasteiger partial charge in [0.1, 0.15) is 0 Å². The Labute approximate surface area is 177 Å². The highest BCUT2D eigenvalue weighted by Crippen LogP contribution is 2.15. The van der Waals surface area contributed by atoms with E-state index >= 15 is 0 Å². The number of benzene rings is 2. The molecule has 6 nitrogen and oxygen atoms in total. The summed E-state index contributed by atoms with van der Waals surface area (Å²) in [5.41, 5.74) is 7.86. The summed E-state index contributed by atoms with van der Waals surface area (Å²) in [4.78, 5) is 26.8. The molecule has 2 aromatic rings. The average Bonchev–Trinajstić information content (AvgIpc) is 3.16. The minimum Gasteiger partial charge on any atom is -0.398 e. The van der Waals surface area contributed by atoms with Crippen molar-refractivity contribution < 1.29 is 9.59 Å². The van der Waals surface area contributed by atoms with Gasteiger partial charge in [-0.1, -0.05) is 12.1 Å². The molecule has 0 unspecified atom stereocenters. The number of rotatable bonds is 6. The van der Waals surface area contributed by atoms with E-state index < -0.39 is 0 Å². The van der Waals surface area contributed by atoms with Gasteiger partial charge in [-0.3, -0.25) is 9.59 Å². The van der Waals surface area contributed by atoms with Gasteiger partial charge in [0.05, 0.1) is 5.56 Å². The quantitative estimate of drug-likeness (QED) is 0.621. The molecule has 0 aliphatic carbocycles. The highest BCUT2D eigenvalue weighted by atomic mass is 35.5. The van der Waals surface area contributed by atoms with Crippen LogP contribution in [0.25, 0.3) is 0 Å². The smallest absolute Gasteiger partial charge is 0.257 e.